The van der Waals surface area contributed by atoms with Crippen molar-refractivity contribution in [3.8, 4) is 85.7 Å². The van der Waals surface area contributed by atoms with Crippen molar-refractivity contribution in [2.75, 3.05) is 0 Å². The molecule has 6 aromatic carbocycles. The molecule has 83 heavy (non-hydrogen) atoms. The summed E-state index contributed by atoms with van der Waals surface area (Å²) in [5.41, 5.74) is 4.11. The topological polar surface area (TPSA) is 272 Å². The van der Waals surface area contributed by atoms with Crippen molar-refractivity contribution in [1.29, 1.82) is 0 Å². The van der Waals surface area contributed by atoms with Crippen molar-refractivity contribution in [3.63, 3.8) is 0 Å². The van der Waals surface area contributed by atoms with Gasteiger partial charge in [0, 0.05) is 90.6 Å². The number of H-pyrrole nitrogens is 3. The number of fused-ring (bicyclic) bond motifs is 3. The van der Waals surface area contributed by atoms with Gasteiger partial charge in [0.15, 0.2) is 17.5 Å². The number of aromatic hydroxyl groups is 3. The van der Waals surface area contributed by atoms with Crippen LogP contribution in [0, 0.1) is 0 Å². The van der Waals surface area contributed by atoms with E-state index in [2.05, 4.69) is 30.6 Å². The van der Waals surface area contributed by atoms with Crippen LogP contribution in [0.4, 0.5) is 0 Å². The standard InChI is InChI=1S/C60H57N12O10P/c1-31(2)40-25-43(55-61-64-58(76)70(55)37-10-13-46-34(22-37)16-19-67(46)7)49(73)28-52(40)80-83(79,81-53-29-50(74)44(26-41(53)32(3)4)56-62-65-59(77)71(56)38-11-14-47-35(23-38)17-20-68(47)8)82-54-30-51(75)45(27-42(54)33(5)6)57-63-66-60(78)72(57)39-12-15-48-36(24-39)18-21-69(48)9/h10-33,73-75H,1-9H3,(H,64,76)(H,65,77)(H,66,78). The Labute approximate surface area is 472 Å². The van der Waals surface area contributed by atoms with Gasteiger partial charge in [-0.2, -0.15) is 19.9 Å². The first-order chi connectivity index (χ1) is 39.6. The number of phosphoric ester groups is 1. The van der Waals surface area contributed by atoms with Gasteiger partial charge in [0.25, 0.3) is 0 Å². The third kappa shape index (κ3) is 9.31. The molecule has 6 N–H and O–H groups in total. The van der Waals surface area contributed by atoms with E-state index >= 15 is 4.57 Å². The summed E-state index contributed by atoms with van der Waals surface area (Å²) in [6, 6.07) is 30.6. The number of benzene rings is 6. The molecule has 0 aliphatic heterocycles. The molecule has 0 saturated carbocycles. The highest BCUT2D eigenvalue weighted by Crippen LogP contribution is 2.56. The van der Waals surface area contributed by atoms with Gasteiger partial charge in [-0.3, -0.25) is 0 Å². The molecule has 0 spiro atoms. The zero-order valence-electron chi connectivity index (χ0n) is 46.5. The molecule has 422 valence electrons. The molecule has 12 rings (SSSR count). The van der Waals surface area contributed by atoms with Gasteiger partial charge < -0.3 is 42.6 Å². The van der Waals surface area contributed by atoms with Crippen molar-refractivity contribution in [2.24, 2.45) is 21.1 Å². The maximum Gasteiger partial charge on any atom is 0.647 e. The van der Waals surface area contributed by atoms with E-state index in [0.717, 1.165) is 32.7 Å². The normalized spacial score (nSPS) is 12.1. The van der Waals surface area contributed by atoms with Gasteiger partial charge in [-0.05, 0) is 125 Å². The maximum atomic E-state index is 16.2. The molecule has 0 atom stereocenters. The molecule has 0 bridgehead atoms. The largest absolute Gasteiger partial charge is 0.647 e. The van der Waals surface area contributed by atoms with Crippen molar-refractivity contribution in [1.82, 2.24) is 58.0 Å². The first-order valence-electron chi connectivity index (χ1n) is 26.6. The monoisotopic (exact) mass is 1140 g/mol. The zero-order chi connectivity index (χ0) is 58.5. The van der Waals surface area contributed by atoms with Crippen LogP contribution in [0.2, 0.25) is 0 Å². The fourth-order valence-corrected chi connectivity index (χ4v) is 12.0. The predicted molar refractivity (Wildman–Crippen MR) is 315 cm³/mol. The summed E-state index contributed by atoms with van der Waals surface area (Å²) in [6.45, 7) is 11.1. The van der Waals surface area contributed by atoms with Gasteiger partial charge in [0.1, 0.15) is 34.5 Å². The number of hydrogen-bond donors (Lipinski definition) is 6. The van der Waals surface area contributed by atoms with Crippen LogP contribution in [0.15, 0.2) is 142 Å². The van der Waals surface area contributed by atoms with E-state index in [0.29, 0.717) is 33.8 Å². The van der Waals surface area contributed by atoms with Gasteiger partial charge >= 0.3 is 24.9 Å². The van der Waals surface area contributed by atoms with Gasteiger partial charge in [0.2, 0.25) is 0 Å². The number of phosphoric acid groups is 1. The van der Waals surface area contributed by atoms with Crippen LogP contribution in [0.1, 0.15) is 76.0 Å². The van der Waals surface area contributed by atoms with Crippen LogP contribution in [0.3, 0.4) is 0 Å². The average molecular weight is 1140 g/mol. The Morgan fingerprint density at radius 2 is 0.699 bits per heavy atom. The lowest BCUT2D eigenvalue weighted by atomic mass is 9.98. The number of nitrogens with one attached hydrogen (secondary N) is 3. The summed E-state index contributed by atoms with van der Waals surface area (Å²) >= 11 is 0. The lowest BCUT2D eigenvalue weighted by molar-refractivity contribution is 0.293. The number of phenols is 3. The Balaban J connectivity index is 0.983. The molecule has 22 nitrogen and oxygen atoms in total. The number of aromatic amines is 3. The number of phenolic OH excluding ortho intramolecular Hbond substituents is 3. The predicted octanol–water partition coefficient (Wildman–Crippen LogP) is 10.9. The van der Waals surface area contributed by atoms with Crippen LogP contribution < -0.4 is 30.6 Å². The molecule has 12 aromatic rings. The average Bonchev–Trinajstić information content (AvgIpc) is 3.28. The number of nitrogens with zero attached hydrogens (tertiary/aromatic N) is 9. The Morgan fingerprint density at radius 1 is 0.422 bits per heavy atom. The smallest absolute Gasteiger partial charge is 0.507 e. The first-order valence-corrected chi connectivity index (χ1v) is 28.1. The molecule has 6 aromatic heterocycles. The van der Waals surface area contributed by atoms with Crippen LogP contribution in [0.25, 0.3) is 83.9 Å². The molecule has 0 fully saturated rings. The molecule has 23 heteroatoms. The van der Waals surface area contributed by atoms with E-state index in [1.54, 1.807) is 36.4 Å². The van der Waals surface area contributed by atoms with E-state index in [4.69, 9.17) is 13.6 Å². The Hall–Kier alpha value is -10.2. The molecular formula is C60H57N12O10P. The van der Waals surface area contributed by atoms with Crippen LogP contribution in [-0.4, -0.2) is 73.3 Å². The number of hydrogen-bond acceptors (Lipinski definition) is 13. The van der Waals surface area contributed by atoms with Crippen LogP contribution >= 0.6 is 7.82 Å². The lowest BCUT2D eigenvalue weighted by Gasteiger charge is -2.26. The van der Waals surface area contributed by atoms with E-state index in [-0.39, 0.29) is 51.4 Å². The summed E-state index contributed by atoms with van der Waals surface area (Å²) in [5.74, 6) is -2.70. The van der Waals surface area contributed by atoms with Crippen molar-refractivity contribution in [3.05, 3.63) is 176 Å². The Morgan fingerprint density at radius 3 is 0.964 bits per heavy atom. The summed E-state index contributed by atoms with van der Waals surface area (Å²) in [4.78, 5) is 40.6. The quantitative estimate of drug-likeness (QED) is 0.0522. The van der Waals surface area contributed by atoms with E-state index in [1.165, 1.54) is 31.9 Å². The molecule has 0 unspecified atom stereocenters. The van der Waals surface area contributed by atoms with Gasteiger partial charge in [-0.25, -0.2) is 43.4 Å². The minimum atomic E-state index is -5.20. The molecule has 0 aliphatic carbocycles. The molecule has 0 aliphatic rings. The number of rotatable bonds is 15. The summed E-state index contributed by atoms with van der Waals surface area (Å²) < 4.78 is 45.6. The zero-order valence-corrected chi connectivity index (χ0v) is 47.4. The Bertz CT molecular complexity index is 4330. The van der Waals surface area contributed by atoms with Gasteiger partial charge in [0.05, 0.1) is 33.8 Å². The molecule has 6 heterocycles. The first kappa shape index (κ1) is 53.4. The highest BCUT2D eigenvalue weighted by atomic mass is 31.2. The highest BCUT2D eigenvalue weighted by Gasteiger charge is 2.39. The summed E-state index contributed by atoms with van der Waals surface area (Å²) in [6.07, 6.45) is 5.72. The maximum absolute atomic E-state index is 16.2. The van der Waals surface area contributed by atoms with Gasteiger partial charge in [-0.1, -0.05) is 41.5 Å². The van der Waals surface area contributed by atoms with Crippen molar-refractivity contribution < 1.29 is 33.5 Å². The van der Waals surface area contributed by atoms with E-state index in [1.807, 2.05) is 150 Å². The second-order valence-electron chi connectivity index (χ2n) is 21.5. The van der Waals surface area contributed by atoms with E-state index in [9.17, 15) is 29.7 Å². The number of aryl methyl sites for hydroxylation is 3. The second kappa shape index (κ2) is 20.1. The fraction of sp³-hybridized carbons (Fsp3) is 0.200. The summed E-state index contributed by atoms with van der Waals surface area (Å²) in [5, 5.41) is 59.3. The Kier molecular flexibility index (Phi) is 12.9. The molecule has 0 saturated heterocycles. The summed E-state index contributed by atoms with van der Waals surface area (Å²) in [7, 11) is 0.545. The third-order valence-electron chi connectivity index (χ3n) is 15.0. The van der Waals surface area contributed by atoms with Crippen LogP contribution in [0.5, 0.6) is 34.5 Å². The second-order valence-corrected chi connectivity index (χ2v) is 22.9. The minimum Gasteiger partial charge on any atom is -0.507 e. The molecule has 0 radical (unpaired) electrons. The fourth-order valence-electron chi connectivity index (χ4n) is 10.7. The van der Waals surface area contributed by atoms with Crippen LogP contribution in [-0.2, 0) is 25.7 Å². The molecular weight excluding hydrogens is 1080 g/mol. The SMILES string of the molecule is CC(C)c1cc(-c2n[nH]c(=O)n2-c2ccc3c(ccn3C)c2)c(O)cc1OP(=O)(Oc1cc(O)c(-c2n[nH]c(=O)n2-c2ccc3c(ccn3C)c2)cc1C(C)C)Oc1cc(O)c(-c2n[nH]c(=O)n2-c2ccc3c(ccn3C)c2)cc1C(C)C. The van der Waals surface area contributed by atoms with E-state index < -0.39 is 59.9 Å². The number of aromatic nitrogens is 12. The highest BCUT2D eigenvalue weighted by molar-refractivity contribution is 7.49. The minimum absolute atomic E-state index is 0.0760. The lowest BCUT2D eigenvalue weighted by Crippen LogP contribution is -2.16. The van der Waals surface area contributed by atoms with Crippen molar-refractivity contribution >= 4 is 40.5 Å². The third-order valence-corrected chi connectivity index (χ3v) is 16.3. The van der Waals surface area contributed by atoms with Crippen molar-refractivity contribution in [2.45, 2.75) is 59.3 Å². The molecule has 0 amide bonds. The van der Waals surface area contributed by atoms with Gasteiger partial charge in [-0.15, -0.1) is 0 Å².